The standard InChI is InChI=1S/C21H31N3O4/c1-3-21(2,20(27)23-16-7-4-5-8-16)24(14-17-9-6-12-28-17)19(26)15-10-11-18(25)22-13-15/h10-11,13,16-17H,3-9,12,14H2,1-2H3,(H,22,25)(H,23,27)/t17-,21-/m1/s1. The Hall–Kier alpha value is -2.15. The Balaban J connectivity index is 1.87. The molecule has 3 rings (SSSR count). The maximum absolute atomic E-state index is 13.4. The first-order valence-electron chi connectivity index (χ1n) is 10.4. The molecule has 2 aliphatic rings. The molecule has 0 unspecified atom stereocenters. The number of nitrogens with one attached hydrogen (secondary N) is 2. The second kappa shape index (κ2) is 8.90. The molecule has 2 heterocycles. The molecular weight excluding hydrogens is 358 g/mol. The highest BCUT2D eigenvalue weighted by Crippen LogP contribution is 2.27. The third kappa shape index (κ3) is 4.46. The summed E-state index contributed by atoms with van der Waals surface area (Å²) >= 11 is 0. The van der Waals surface area contributed by atoms with Crippen molar-refractivity contribution in [3.8, 4) is 0 Å². The molecule has 1 saturated heterocycles. The summed E-state index contributed by atoms with van der Waals surface area (Å²) in [6, 6.07) is 3.03. The minimum Gasteiger partial charge on any atom is -0.376 e. The second-order valence-electron chi connectivity index (χ2n) is 8.07. The highest BCUT2D eigenvalue weighted by atomic mass is 16.5. The number of aromatic nitrogens is 1. The highest BCUT2D eigenvalue weighted by Gasteiger charge is 2.43. The summed E-state index contributed by atoms with van der Waals surface area (Å²) in [5, 5.41) is 3.16. The molecule has 1 aliphatic heterocycles. The number of nitrogens with zero attached hydrogens (tertiary/aromatic N) is 1. The van der Waals surface area contributed by atoms with Crippen LogP contribution in [0.5, 0.6) is 0 Å². The number of carbonyl (C=O) groups excluding carboxylic acids is 2. The molecule has 2 fully saturated rings. The van der Waals surface area contributed by atoms with Crippen molar-refractivity contribution in [2.45, 2.75) is 76.5 Å². The third-order valence-corrected chi connectivity index (χ3v) is 6.15. The van der Waals surface area contributed by atoms with Gasteiger partial charge in [-0.3, -0.25) is 14.4 Å². The molecule has 0 spiro atoms. The van der Waals surface area contributed by atoms with Crippen LogP contribution in [0.3, 0.4) is 0 Å². The van der Waals surface area contributed by atoms with Gasteiger partial charge in [-0.1, -0.05) is 19.8 Å². The van der Waals surface area contributed by atoms with E-state index in [4.69, 9.17) is 4.74 Å². The summed E-state index contributed by atoms with van der Waals surface area (Å²) in [7, 11) is 0. The zero-order valence-corrected chi connectivity index (χ0v) is 16.8. The van der Waals surface area contributed by atoms with Crippen LogP contribution in [0.1, 0.15) is 69.2 Å². The van der Waals surface area contributed by atoms with Crippen LogP contribution in [0.4, 0.5) is 0 Å². The van der Waals surface area contributed by atoms with Crippen LogP contribution >= 0.6 is 0 Å². The molecule has 1 aromatic heterocycles. The van der Waals surface area contributed by atoms with Gasteiger partial charge in [0, 0.05) is 31.5 Å². The van der Waals surface area contributed by atoms with E-state index < -0.39 is 5.54 Å². The smallest absolute Gasteiger partial charge is 0.256 e. The molecule has 1 aliphatic carbocycles. The fourth-order valence-electron chi connectivity index (χ4n) is 4.08. The van der Waals surface area contributed by atoms with Crippen LogP contribution in [0.15, 0.2) is 23.1 Å². The van der Waals surface area contributed by atoms with Crippen LogP contribution < -0.4 is 10.9 Å². The minimum atomic E-state index is -0.984. The first-order valence-corrected chi connectivity index (χ1v) is 10.4. The summed E-state index contributed by atoms with van der Waals surface area (Å²) in [6.07, 6.45) is 7.91. The highest BCUT2D eigenvalue weighted by molar-refractivity contribution is 5.99. The molecule has 28 heavy (non-hydrogen) atoms. The molecule has 2 N–H and O–H groups in total. The zero-order valence-electron chi connectivity index (χ0n) is 16.8. The largest absolute Gasteiger partial charge is 0.376 e. The van der Waals surface area contributed by atoms with E-state index in [0.717, 1.165) is 38.5 Å². The molecule has 1 aromatic rings. The maximum Gasteiger partial charge on any atom is 0.256 e. The first-order chi connectivity index (χ1) is 13.4. The summed E-state index contributed by atoms with van der Waals surface area (Å²) in [5.74, 6) is -0.379. The Morgan fingerprint density at radius 3 is 2.57 bits per heavy atom. The van der Waals surface area contributed by atoms with Crippen LogP contribution in [-0.4, -0.2) is 52.5 Å². The third-order valence-electron chi connectivity index (χ3n) is 6.15. The van der Waals surface area contributed by atoms with Crippen molar-refractivity contribution in [2.24, 2.45) is 0 Å². The maximum atomic E-state index is 13.4. The average Bonchev–Trinajstić information content (AvgIpc) is 3.39. The fourth-order valence-corrected chi connectivity index (χ4v) is 4.08. The van der Waals surface area contributed by atoms with Crippen molar-refractivity contribution >= 4 is 11.8 Å². The number of ether oxygens (including phenoxy) is 1. The molecule has 0 radical (unpaired) electrons. The van der Waals surface area contributed by atoms with Crippen molar-refractivity contribution in [1.29, 1.82) is 0 Å². The predicted octanol–water partition coefficient (Wildman–Crippen LogP) is 2.22. The Bertz CT molecular complexity index is 730. The molecule has 154 valence electrons. The average molecular weight is 389 g/mol. The molecular formula is C21H31N3O4. The van der Waals surface area contributed by atoms with E-state index >= 15 is 0 Å². The summed E-state index contributed by atoms with van der Waals surface area (Å²) in [4.78, 5) is 42.2. The molecule has 7 heteroatoms. The number of hydrogen-bond donors (Lipinski definition) is 2. The van der Waals surface area contributed by atoms with Crippen LogP contribution in [0.25, 0.3) is 0 Å². The van der Waals surface area contributed by atoms with Crippen molar-refractivity contribution in [3.63, 3.8) is 0 Å². The Morgan fingerprint density at radius 1 is 1.25 bits per heavy atom. The number of H-pyrrole nitrogens is 1. The lowest BCUT2D eigenvalue weighted by molar-refractivity contribution is -0.133. The van der Waals surface area contributed by atoms with E-state index in [2.05, 4.69) is 10.3 Å². The Morgan fingerprint density at radius 2 is 2.00 bits per heavy atom. The number of hydrogen-bond acceptors (Lipinski definition) is 4. The molecule has 2 atom stereocenters. The van der Waals surface area contributed by atoms with Crippen molar-refractivity contribution in [1.82, 2.24) is 15.2 Å². The van der Waals surface area contributed by atoms with Crippen molar-refractivity contribution < 1.29 is 14.3 Å². The van der Waals surface area contributed by atoms with Gasteiger partial charge < -0.3 is 19.9 Å². The summed E-state index contributed by atoms with van der Waals surface area (Å²) in [5.41, 5.74) is -0.882. The number of pyridine rings is 1. The van der Waals surface area contributed by atoms with Gasteiger partial charge in [0.05, 0.1) is 11.7 Å². The van der Waals surface area contributed by atoms with Gasteiger partial charge in [-0.15, -0.1) is 0 Å². The zero-order chi connectivity index (χ0) is 20.1. The van der Waals surface area contributed by atoms with Gasteiger partial charge in [0.1, 0.15) is 5.54 Å². The Labute approximate surface area is 165 Å². The second-order valence-corrected chi connectivity index (χ2v) is 8.07. The summed E-state index contributed by atoms with van der Waals surface area (Å²) < 4.78 is 5.76. The van der Waals surface area contributed by atoms with Gasteiger partial charge in [-0.05, 0) is 45.1 Å². The van der Waals surface area contributed by atoms with E-state index in [1.807, 2.05) is 13.8 Å². The van der Waals surface area contributed by atoms with Gasteiger partial charge in [0.25, 0.3) is 5.91 Å². The normalized spacial score (nSPS) is 22.0. The lowest BCUT2D eigenvalue weighted by Crippen LogP contribution is -2.61. The van der Waals surface area contributed by atoms with Gasteiger partial charge in [0.2, 0.25) is 11.5 Å². The van der Waals surface area contributed by atoms with E-state index in [-0.39, 0.29) is 29.5 Å². The van der Waals surface area contributed by atoms with E-state index in [1.165, 1.54) is 18.3 Å². The van der Waals surface area contributed by atoms with Crippen LogP contribution in [0, 0.1) is 0 Å². The first kappa shape index (κ1) is 20.6. The molecule has 7 nitrogen and oxygen atoms in total. The van der Waals surface area contributed by atoms with E-state index in [9.17, 15) is 14.4 Å². The molecule has 1 saturated carbocycles. The number of rotatable bonds is 7. The van der Waals surface area contributed by atoms with Crippen molar-refractivity contribution in [2.75, 3.05) is 13.2 Å². The topological polar surface area (TPSA) is 91.5 Å². The van der Waals surface area contributed by atoms with E-state index in [0.29, 0.717) is 25.1 Å². The SMILES string of the molecule is CC[C@](C)(C(=O)NC1CCCC1)N(C[C@H]1CCCO1)C(=O)c1ccc(=O)[nH]c1. The molecule has 2 amide bonds. The van der Waals surface area contributed by atoms with Gasteiger partial charge in [-0.25, -0.2) is 0 Å². The quantitative estimate of drug-likeness (QED) is 0.748. The van der Waals surface area contributed by atoms with Crippen LogP contribution in [-0.2, 0) is 9.53 Å². The lowest BCUT2D eigenvalue weighted by Gasteiger charge is -2.41. The number of carbonyl (C=O) groups is 2. The van der Waals surface area contributed by atoms with Gasteiger partial charge in [0.15, 0.2) is 0 Å². The predicted molar refractivity (Wildman–Crippen MR) is 106 cm³/mol. The molecule has 0 aromatic carbocycles. The summed E-state index contributed by atoms with van der Waals surface area (Å²) in [6.45, 7) is 4.80. The lowest BCUT2D eigenvalue weighted by atomic mass is 9.92. The monoisotopic (exact) mass is 389 g/mol. The fraction of sp³-hybridized carbons (Fsp3) is 0.667. The van der Waals surface area contributed by atoms with E-state index in [1.54, 1.807) is 4.90 Å². The number of aromatic amines is 1. The molecule has 0 bridgehead atoms. The Kier molecular flexibility index (Phi) is 6.54. The van der Waals surface area contributed by atoms with Crippen molar-refractivity contribution in [3.05, 3.63) is 34.2 Å². The van der Waals surface area contributed by atoms with Gasteiger partial charge in [-0.2, -0.15) is 0 Å². The minimum absolute atomic E-state index is 0.0723. The van der Waals surface area contributed by atoms with Crippen LogP contribution in [0.2, 0.25) is 0 Å². The van der Waals surface area contributed by atoms with Gasteiger partial charge >= 0.3 is 0 Å². The number of amides is 2.